The van der Waals surface area contributed by atoms with Crippen molar-refractivity contribution in [2.75, 3.05) is 0 Å². The largest absolute Gasteiger partial charge is 0.342 e. The van der Waals surface area contributed by atoms with Gasteiger partial charge in [-0.3, -0.25) is 9.67 Å². The number of allylic oxidation sites excluding steroid dienone is 2. The summed E-state index contributed by atoms with van der Waals surface area (Å²) in [6, 6.07) is 0. The first-order chi connectivity index (χ1) is 6.27. The molecule has 1 aliphatic rings. The number of H-pyrrole nitrogens is 2. The summed E-state index contributed by atoms with van der Waals surface area (Å²) in [5, 5.41) is 5.03. The van der Waals surface area contributed by atoms with Crippen LogP contribution in [0, 0.1) is 10.7 Å². The van der Waals surface area contributed by atoms with E-state index in [9.17, 15) is 4.79 Å². The number of nitrogens with one attached hydrogen (secondary N) is 2. The third kappa shape index (κ3) is 1.98. The summed E-state index contributed by atoms with van der Waals surface area (Å²) in [6.07, 6.45) is 6.71. The Balaban J connectivity index is 2.08. The van der Waals surface area contributed by atoms with Gasteiger partial charge in [0.25, 0.3) is 0 Å². The summed E-state index contributed by atoms with van der Waals surface area (Å²) in [5.41, 5.74) is -0.176. The highest BCUT2D eigenvalue weighted by Crippen LogP contribution is 2.29. The van der Waals surface area contributed by atoms with Crippen LogP contribution in [0.3, 0.4) is 0 Å². The molecule has 1 aromatic rings. The first-order valence-corrected chi connectivity index (χ1v) is 4.72. The molecule has 0 unspecified atom stereocenters. The maximum Gasteiger partial charge on any atom is 0.342 e. The topological polar surface area (TPSA) is 53.6 Å². The van der Waals surface area contributed by atoms with Gasteiger partial charge in [-0.05, 0) is 31.0 Å². The molecule has 5 heteroatoms. The maximum absolute atomic E-state index is 11.1. The van der Waals surface area contributed by atoms with Crippen LogP contribution in [0.15, 0.2) is 16.9 Å². The average Bonchev–Trinajstić information content (AvgIpc) is 2.86. The molecule has 1 fully saturated rings. The van der Waals surface area contributed by atoms with Crippen molar-refractivity contribution in [3.8, 4) is 0 Å². The van der Waals surface area contributed by atoms with Crippen molar-refractivity contribution in [2.24, 2.45) is 5.92 Å². The van der Waals surface area contributed by atoms with E-state index in [0.717, 1.165) is 5.92 Å². The van der Waals surface area contributed by atoms with Crippen LogP contribution in [0.1, 0.15) is 12.8 Å². The van der Waals surface area contributed by atoms with E-state index in [-0.39, 0.29) is 5.69 Å². The molecule has 0 atom stereocenters. The normalized spacial score (nSPS) is 16.9. The quantitative estimate of drug-likeness (QED) is 0.565. The Morgan fingerprint density at radius 1 is 1.54 bits per heavy atom. The summed E-state index contributed by atoms with van der Waals surface area (Å²) >= 11 is 4.91. The molecule has 1 aromatic heterocycles. The van der Waals surface area contributed by atoms with Crippen molar-refractivity contribution >= 4 is 12.2 Å². The van der Waals surface area contributed by atoms with Gasteiger partial charge in [0.1, 0.15) is 0 Å². The molecule has 13 heavy (non-hydrogen) atoms. The Morgan fingerprint density at radius 3 is 2.85 bits per heavy atom. The van der Waals surface area contributed by atoms with E-state index in [4.69, 9.17) is 12.2 Å². The van der Waals surface area contributed by atoms with E-state index in [1.165, 1.54) is 17.4 Å². The zero-order valence-corrected chi connectivity index (χ0v) is 7.93. The number of rotatable bonds is 3. The standard InChI is InChI=1S/C8H11N3OS/c12-7-9-10-8(13)11(7)5-1-2-6-3-4-6/h1-2,6H,3-5H2,(H,9,12)(H,10,13)/b2-1+. The van der Waals surface area contributed by atoms with Crippen LogP contribution in [-0.4, -0.2) is 14.8 Å². The molecule has 0 saturated heterocycles. The molecule has 1 heterocycles. The first-order valence-electron chi connectivity index (χ1n) is 4.31. The van der Waals surface area contributed by atoms with E-state index >= 15 is 0 Å². The zero-order chi connectivity index (χ0) is 9.26. The van der Waals surface area contributed by atoms with Gasteiger partial charge in [-0.2, -0.15) is 0 Å². The van der Waals surface area contributed by atoms with Gasteiger partial charge in [0.05, 0.1) is 0 Å². The lowest BCUT2D eigenvalue weighted by molar-refractivity contribution is 0.766. The number of aromatic nitrogens is 3. The van der Waals surface area contributed by atoms with Gasteiger partial charge < -0.3 is 0 Å². The van der Waals surface area contributed by atoms with Crippen LogP contribution in [0.5, 0.6) is 0 Å². The highest BCUT2D eigenvalue weighted by molar-refractivity contribution is 7.71. The van der Waals surface area contributed by atoms with Gasteiger partial charge in [0.15, 0.2) is 4.77 Å². The molecule has 1 aliphatic carbocycles. The van der Waals surface area contributed by atoms with Crippen molar-refractivity contribution in [3.63, 3.8) is 0 Å². The third-order valence-corrected chi connectivity index (χ3v) is 2.41. The van der Waals surface area contributed by atoms with Crippen molar-refractivity contribution < 1.29 is 0 Å². The van der Waals surface area contributed by atoms with E-state index in [0.29, 0.717) is 11.3 Å². The van der Waals surface area contributed by atoms with Gasteiger partial charge in [0, 0.05) is 6.54 Å². The Morgan fingerprint density at radius 2 is 2.31 bits per heavy atom. The second kappa shape index (κ2) is 3.33. The minimum absolute atomic E-state index is 0.176. The van der Waals surface area contributed by atoms with Gasteiger partial charge in [-0.15, -0.1) is 0 Å². The lowest BCUT2D eigenvalue weighted by Crippen LogP contribution is -2.15. The van der Waals surface area contributed by atoms with Crippen LogP contribution >= 0.6 is 12.2 Å². The molecule has 0 aromatic carbocycles. The van der Waals surface area contributed by atoms with Crippen molar-refractivity contribution in [1.29, 1.82) is 0 Å². The lowest BCUT2D eigenvalue weighted by Gasteiger charge is -1.91. The van der Waals surface area contributed by atoms with Crippen molar-refractivity contribution in [3.05, 3.63) is 27.4 Å². The molecular weight excluding hydrogens is 186 g/mol. The minimum atomic E-state index is -0.176. The first kappa shape index (κ1) is 8.50. The predicted octanol–water partition coefficient (Wildman–Crippen LogP) is 1.20. The smallest absolute Gasteiger partial charge is 0.272 e. The molecule has 0 bridgehead atoms. The number of hydrogen-bond donors (Lipinski definition) is 2. The van der Waals surface area contributed by atoms with E-state index in [1.807, 2.05) is 6.08 Å². The van der Waals surface area contributed by atoms with E-state index in [1.54, 1.807) is 0 Å². The molecule has 4 nitrogen and oxygen atoms in total. The summed E-state index contributed by atoms with van der Waals surface area (Å²) in [7, 11) is 0. The molecule has 2 N–H and O–H groups in total. The monoisotopic (exact) mass is 197 g/mol. The molecule has 1 saturated carbocycles. The van der Waals surface area contributed by atoms with Crippen molar-refractivity contribution in [2.45, 2.75) is 19.4 Å². The molecule has 0 radical (unpaired) electrons. The Labute approximate surface area is 80.3 Å². The molecule has 0 aliphatic heterocycles. The molecule has 2 rings (SSSR count). The summed E-state index contributed by atoms with van der Waals surface area (Å²) in [5.74, 6) is 0.743. The number of nitrogens with zero attached hydrogens (tertiary/aromatic N) is 1. The minimum Gasteiger partial charge on any atom is -0.272 e. The molecular formula is C8H11N3OS. The number of hydrogen-bond acceptors (Lipinski definition) is 2. The van der Waals surface area contributed by atoms with Crippen LogP contribution in [0.2, 0.25) is 0 Å². The maximum atomic E-state index is 11.1. The van der Waals surface area contributed by atoms with Gasteiger partial charge >= 0.3 is 5.69 Å². The zero-order valence-electron chi connectivity index (χ0n) is 7.12. The highest BCUT2D eigenvalue weighted by Gasteiger charge is 2.16. The fourth-order valence-electron chi connectivity index (χ4n) is 1.15. The van der Waals surface area contributed by atoms with Crippen LogP contribution in [-0.2, 0) is 6.54 Å². The molecule has 0 amide bonds. The number of aromatic amines is 2. The summed E-state index contributed by atoms with van der Waals surface area (Å²) < 4.78 is 1.94. The lowest BCUT2D eigenvalue weighted by atomic mass is 10.4. The Bertz CT molecular complexity index is 394. The predicted molar refractivity (Wildman–Crippen MR) is 52.1 cm³/mol. The second-order valence-corrected chi connectivity index (χ2v) is 3.62. The average molecular weight is 197 g/mol. The van der Waals surface area contributed by atoms with Crippen LogP contribution < -0.4 is 5.69 Å². The van der Waals surface area contributed by atoms with Crippen molar-refractivity contribution in [1.82, 2.24) is 14.8 Å². The van der Waals surface area contributed by atoms with Crippen LogP contribution in [0.4, 0.5) is 0 Å². The summed E-state index contributed by atoms with van der Waals surface area (Å²) in [4.78, 5) is 11.1. The van der Waals surface area contributed by atoms with Gasteiger partial charge in [-0.25, -0.2) is 9.89 Å². The van der Waals surface area contributed by atoms with E-state index < -0.39 is 0 Å². The Hall–Kier alpha value is -1.10. The third-order valence-electron chi connectivity index (χ3n) is 2.08. The Kier molecular flexibility index (Phi) is 2.18. The van der Waals surface area contributed by atoms with Gasteiger partial charge in [-0.1, -0.05) is 12.2 Å². The van der Waals surface area contributed by atoms with Crippen LogP contribution in [0.25, 0.3) is 0 Å². The summed E-state index contributed by atoms with van der Waals surface area (Å²) in [6.45, 7) is 0.564. The fourth-order valence-corrected chi connectivity index (χ4v) is 1.36. The highest BCUT2D eigenvalue weighted by atomic mass is 32.1. The van der Waals surface area contributed by atoms with Gasteiger partial charge in [0.2, 0.25) is 0 Å². The van der Waals surface area contributed by atoms with E-state index in [2.05, 4.69) is 16.3 Å². The molecule has 0 spiro atoms. The second-order valence-electron chi connectivity index (χ2n) is 3.24. The fraction of sp³-hybridized carbons (Fsp3) is 0.500. The molecule has 70 valence electrons. The SMILES string of the molecule is O=c1[nH][nH]c(=S)n1C/C=C/C1CC1.